The van der Waals surface area contributed by atoms with Gasteiger partial charge in [-0.05, 0) is 38.9 Å². The molecule has 26 heavy (non-hydrogen) atoms. The van der Waals surface area contributed by atoms with Crippen molar-refractivity contribution in [1.29, 1.82) is 0 Å². The Morgan fingerprint density at radius 2 is 2.15 bits per heavy atom. The van der Waals surface area contributed by atoms with Gasteiger partial charge in [0.2, 0.25) is 5.91 Å². The lowest BCUT2D eigenvalue weighted by molar-refractivity contribution is -0.165. The van der Waals surface area contributed by atoms with E-state index in [1.165, 1.54) is 0 Å². The molecular weight excluding hydrogens is 328 g/mol. The van der Waals surface area contributed by atoms with Crippen molar-refractivity contribution in [2.24, 2.45) is 0 Å². The molecule has 1 spiro atoms. The number of nitrogens with zero attached hydrogens (tertiary/aromatic N) is 2. The molecule has 2 aliphatic rings. The van der Waals surface area contributed by atoms with Crippen molar-refractivity contribution in [3.63, 3.8) is 0 Å². The van der Waals surface area contributed by atoms with E-state index in [2.05, 4.69) is 12.1 Å². The van der Waals surface area contributed by atoms with Crippen LogP contribution in [0.1, 0.15) is 24.8 Å². The van der Waals surface area contributed by atoms with Crippen molar-refractivity contribution in [3.05, 3.63) is 48.0 Å². The van der Waals surface area contributed by atoms with Crippen LogP contribution in [0.25, 0.3) is 0 Å². The Kier molecular flexibility index (Phi) is 6.46. The van der Waals surface area contributed by atoms with Gasteiger partial charge in [0.15, 0.2) is 0 Å². The minimum atomic E-state index is -0.223. The maximum atomic E-state index is 12.5. The van der Waals surface area contributed by atoms with Gasteiger partial charge in [-0.2, -0.15) is 0 Å². The van der Waals surface area contributed by atoms with Gasteiger partial charge in [-0.15, -0.1) is 0 Å². The van der Waals surface area contributed by atoms with Crippen LogP contribution in [0.2, 0.25) is 0 Å². The zero-order valence-electron chi connectivity index (χ0n) is 15.9. The fraction of sp³-hybridized carbons (Fsp3) is 0.571. The lowest BCUT2D eigenvalue weighted by atomic mass is 9.85. The number of carbonyl (C=O) groups excluding carboxylic acids is 1. The second-order valence-electron chi connectivity index (χ2n) is 7.50. The van der Waals surface area contributed by atoms with E-state index < -0.39 is 0 Å². The third kappa shape index (κ3) is 4.72. The predicted octanol–water partition coefficient (Wildman–Crippen LogP) is 2.47. The largest absolute Gasteiger partial charge is 0.372 e. The van der Waals surface area contributed by atoms with Gasteiger partial charge in [0.1, 0.15) is 6.10 Å². The second-order valence-corrected chi connectivity index (χ2v) is 7.50. The SMILES string of the molecule is CN(C)C/C=C/C(=O)N1CC[C@@]2(CCCO2)[C@H](OCc2ccccc2)C1. The maximum absolute atomic E-state index is 12.5. The average Bonchev–Trinajstić information content (AvgIpc) is 3.10. The molecule has 5 nitrogen and oxygen atoms in total. The summed E-state index contributed by atoms with van der Waals surface area (Å²) in [6.07, 6.45) is 6.46. The third-order valence-electron chi connectivity index (χ3n) is 5.25. The molecule has 1 aromatic rings. The average molecular weight is 358 g/mol. The molecule has 2 saturated heterocycles. The van der Waals surface area contributed by atoms with Crippen molar-refractivity contribution >= 4 is 5.91 Å². The highest BCUT2D eigenvalue weighted by molar-refractivity contribution is 5.87. The first-order chi connectivity index (χ1) is 12.6. The first kappa shape index (κ1) is 19.1. The van der Waals surface area contributed by atoms with Crippen LogP contribution in [0, 0.1) is 0 Å². The molecule has 0 aromatic heterocycles. The minimum absolute atomic E-state index is 0.0630. The van der Waals surface area contributed by atoms with Crippen LogP contribution in [0.15, 0.2) is 42.5 Å². The Balaban J connectivity index is 1.64. The molecule has 3 rings (SSSR count). The number of amides is 1. The molecule has 0 unspecified atom stereocenters. The highest BCUT2D eigenvalue weighted by Gasteiger charge is 2.47. The Hall–Kier alpha value is -1.69. The molecule has 0 aliphatic carbocycles. The molecular formula is C21H30N2O3. The molecule has 142 valence electrons. The first-order valence-electron chi connectivity index (χ1n) is 9.49. The number of hydrogen-bond acceptors (Lipinski definition) is 4. The number of rotatable bonds is 6. The van der Waals surface area contributed by atoms with Gasteiger partial charge in [-0.3, -0.25) is 4.79 Å². The topological polar surface area (TPSA) is 42.0 Å². The first-order valence-corrected chi connectivity index (χ1v) is 9.49. The van der Waals surface area contributed by atoms with Gasteiger partial charge >= 0.3 is 0 Å². The minimum Gasteiger partial charge on any atom is -0.372 e. The van der Waals surface area contributed by atoms with Crippen molar-refractivity contribution in [2.75, 3.05) is 40.3 Å². The van der Waals surface area contributed by atoms with E-state index in [1.54, 1.807) is 6.08 Å². The number of ether oxygens (including phenoxy) is 2. The molecule has 0 bridgehead atoms. The summed E-state index contributed by atoms with van der Waals surface area (Å²) in [7, 11) is 3.98. The van der Waals surface area contributed by atoms with E-state index in [4.69, 9.17) is 9.47 Å². The summed E-state index contributed by atoms with van der Waals surface area (Å²) < 4.78 is 12.4. The lowest BCUT2D eigenvalue weighted by Gasteiger charge is -2.44. The van der Waals surface area contributed by atoms with Crippen LogP contribution >= 0.6 is 0 Å². The van der Waals surface area contributed by atoms with E-state index in [0.29, 0.717) is 13.2 Å². The number of piperidine rings is 1. The van der Waals surface area contributed by atoms with Crippen LogP contribution in [0.5, 0.6) is 0 Å². The molecule has 1 aromatic carbocycles. The smallest absolute Gasteiger partial charge is 0.246 e. The van der Waals surface area contributed by atoms with E-state index in [0.717, 1.165) is 44.5 Å². The van der Waals surface area contributed by atoms with E-state index in [-0.39, 0.29) is 17.6 Å². The number of likely N-dealkylation sites (tertiary alicyclic amines) is 1. The van der Waals surface area contributed by atoms with Gasteiger partial charge in [0.05, 0.1) is 12.2 Å². The Bertz CT molecular complexity index is 609. The summed E-state index contributed by atoms with van der Waals surface area (Å²) in [5.74, 6) is 0.0630. The van der Waals surface area contributed by atoms with Crippen LogP contribution in [-0.4, -0.2) is 67.7 Å². The zero-order chi connectivity index (χ0) is 18.4. The third-order valence-corrected chi connectivity index (χ3v) is 5.25. The van der Waals surface area contributed by atoms with Gasteiger partial charge in [0.25, 0.3) is 0 Å². The molecule has 2 atom stereocenters. The molecule has 1 amide bonds. The molecule has 2 fully saturated rings. The fourth-order valence-corrected chi connectivity index (χ4v) is 3.76. The van der Waals surface area contributed by atoms with Crippen LogP contribution < -0.4 is 0 Å². The monoisotopic (exact) mass is 358 g/mol. The molecule has 5 heteroatoms. The summed E-state index contributed by atoms with van der Waals surface area (Å²) >= 11 is 0. The summed E-state index contributed by atoms with van der Waals surface area (Å²) in [5, 5.41) is 0. The van der Waals surface area contributed by atoms with Crippen LogP contribution in [-0.2, 0) is 20.9 Å². The van der Waals surface area contributed by atoms with E-state index >= 15 is 0 Å². The summed E-state index contributed by atoms with van der Waals surface area (Å²) in [5.41, 5.74) is 0.925. The maximum Gasteiger partial charge on any atom is 0.246 e. The number of likely N-dealkylation sites (N-methyl/N-ethyl adjacent to an activating group) is 1. The standard InChI is InChI=1S/C21H30N2O3/c1-22(2)13-6-10-20(24)23-14-12-21(11-7-15-26-21)19(16-23)25-17-18-8-4-3-5-9-18/h3-6,8-10,19H,7,11-17H2,1-2H3/b10-6+/t19-,21+/m1/s1. The van der Waals surface area contributed by atoms with Gasteiger partial charge in [-0.25, -0.2) is 0 Å². The van der Waals surface area contributed by atoms with Crippen molar-refractivity contribution < 1.29 is 14.3 Å². The highest BCUT2D eigenvalue weighted by Crippen LogP contribution is 2.38. The second kappa shape index (κ2) is 8.80. The molecule has 2 heterocycles. The predicted molar refractivity (Wildman–Crippen MR) is 102 cm³/mol. The fourth-order valence-electron chi connectivity index (χ4n) is 3.76. The van der Waals surface area contributed by atoms with Gasteiger partial charge in [-0.1, -0.05) is 36.4 Å². The quantitative estimate of drug-likeness (QED) is 0.733. The molecule has 0 saturated carbocycles. The highest BCUT2D eigenvalue weighted by atomic mass is 16.6. The Morgan fingerprint density at radius 1 is 1.35 bits per heavy atom. The van der Waals surface area contributed by atoms with Gasteiger partial charge in [0, 0.05) is 32.3 Å². The van der Waals surface area contributed by atoms with E-state index in [1.807, 2.05) is 48.2 Å². The van der Waals surface area contributed by atoms with Crippen molar-refractivity contribution in [3.8, 4) is 0 Å². The molecule has 0 N–H and O–H groups in total. The number of hydrogen-bond donors (Lipinski definition) is 0. The molecule has 2 aliphatic heterocycles. The lowest BCUT2D eigenvalue weighted by Crippen LogP contribution is -2.57. The van der Waals surface area contributed by atoms with E-state index in [9.17, 15) is 4.79 Å². The number of carbonyl (C=O) groups is 1. The summed E-state index contributed by atoms with van der Waals surface area (Å²) in [4.78, 5) is 16.5. The summed E-state index contributed by atoms with van der Waals surface area (Å²) in [6.45, 7) is 3.44. The molecule has 0 radical (unpaired) electrons. The normalized spacial score (nSPS) is 26.3. The van der Waals surface area contributed by atoms with Crippen molar-refractivity contribution in [1.82, 2.24) is 9.80 Å². The summed E-state index contributed by atoms with van der Waals surface area (Å²) in [6, 6.07) is 10.2. The number of benzene rings is 1. The van der Waals surface area contributed by atoms with Crippen LogP contribution in [0.3, 0.4) is 0 Å². The van der Waals surface area contributed by atoms with Gasteiger partial charge < -0.3 is 19.3 Å². The van der Waals surface area contributed by atoms with Crippen molar-refractivity contribution in [2.45, 2.75) is 37.6 Å². The Labute approximate surface area is 156 Å². The van der Waals surface area contributed by atoms with Crippen LogP contribution in [0.4, 0.5) is 0 Å². The Morgan fingerprint density at radius 3 is 2.85 bits per heavy atom. The zero-order valence-corrected chi connectivity index (χ0v) is 15.9.